The number of hydrogen-bond donors (Lipinski definition) is 1. The molecule has 2 atom stereocenters. The highest BCUT2D eigenvalue weighted by atomic mass is 35.5. The number of rotatable bonds is 5. The van der Waals surface area contributed by atoms with Crippen molar-refractivity contribution >= 4 is 11.6 Å². The van der Waals surface area contributed by atoms with E-state index in [2.05, 4.69) is 43.2 Å². The molecule has 0 bridgehead atoms. The van der Waals surface area contributed by atoms with Crippen molar-refractivity contribution in [3.63, 3.8) is 0 Å². The van der Waals surface area contributed by atoms with Crippen LogP contribution in [0.3, 0.4) is 0 Å². The second-order valence-corrected chi connectivity index (χ2v) is 6.38. The van der Waals surface area contributed by atoms with E-state index in [1.54, 1.807) is 0 Å². The molecule has 1 aromatic rings. The third-order valence-corrected chi connectivity index (χ3v) is 4.62. The van der Waals surface area contributed by atoms with Gasteiger partial charge in [0.2, 0.25) is 0 Å². The molecule has 1 aromatic carbocycles. The summed E-state index contributed by atoms with van der Waals surface area (Å²) < 4.78 is 0. The molecule has 0 aromatic heterocycles. The van der Waals surface area contributed by atoms with Gasteiger partial charge in [0.1, 0.15) is 0 Å². The SMILES string of the molecule is CCCN1CCCC(CNC)C1c1ccc(Cl)cc1C. The Balaban J connectivity index is 2.32. The van der Waals surface area contributed by atoms with Crippen LogP contribution in [0.15, 0.2) is 18.2 Å². The van der Waals surface area contributed by atoms with Gasteiger partial charge in [0.15, 0.2) is 0 Å². The second kappa shape index (κ2) is 7.44. The summed E-state index contributed by atoms with van der Waals surface area (Å²) in [5, 5.41) is 4.22. The van der Waals surface area contributed by atoms with Crippen molar-refractivity contribution in [3.05, 3.63) is 34.3 Å². The van der Waals surface area contributed by atoms with Gasteiger partial charge >= 0.3 is 0 Å². The van der Waals surface area contributed by atoms with Crippen LogP contribution < -0.4 is 5.32 Å². The Morgan fingerprint density at radius 2 is 2.20 bits per heavy atom. The zero-order valence-corrected chi connectivity index (χ0v) is 13.7. The van der Waals surface area contributed by atoms with Crippen molar-refractivity contribution in [2.75, 3.05) is 26.7 Å². The fourth-order valence-corrected chi connectivity index (χ4v) is 3.81. The Bertz CT molecular complexity index is 415. The third-order valence-electron chi connectivity index (χ3n) is 4.39. The first kappa shape index (κ1) is 15.8. The van der Waals surface area contributed by atoms with Crippen LogP contribution in [0.1, 0.15) is 43.4 Å². The lowest BCUT2D eigenvalue weighted by molar-refractivity contribution is 0.0920. The molecule has 0 amide bonds. The molecule has 1 heterocycles. The summed E-state index contributed by atoms with van der Waals surface area (Å²) in [6.07, 6.45) is 3.85. The van der Waals surface area contributed by atoms with Crippen LogP contribution in [-0.4, -0.2) is 31.6 Å². The number of halogens is 1. The first-order valence-corrected chi connectivity index (χ1v) is 8.19. The lowest BCUT2D eigenvalue weighted by Gasteiger charge is -2.42. The fourth-order valence-electron chi connectivity index (χ4n) is 3.59. The Morgan fingerprint density at radius 1 is 1.40 bits per heavy atom. The normalized spacial score (nSPS) is 24.0. The van der Waals surface area contributed by atoms with Crippen LogP contribution in [-0.2, 0) is 0 Å². The number of aryl methyl sites for hydroxylation is 1. The number of piperidine rings is 1. The zero-order chi connectivity index (χ0) is 14.5. The summed E-state index contributed by atoms with van der Waals surface area (Å²) in [6, 6.07) is 6.91. The van der Waals surface area contributed by atoms with E-state index in [4.69, 9.17) is 11.6 Å². The van der Waals surface area contributed by atoms with Crippen LogP contribution in [0.5, 0.6) is 0 Å². The number of nitrogens with one attached hydrogen (secondary N) is 1. The molecule has 2 unspecified atom stereocenters. The van der Waals surface area contributed by atoms with Crippen LogP contribution in [0, 0.1) is 12.8 Å². The Morgan fingerprint density at radius 3 is 2.85 bits per heavy atom. The summed E-state index contributed by atoms with van der Waals surface area (Å²) in [6.45, 7) is 7.96. The lowest BCUT2D eigenvalue weighted by Crippen LogP contribution is -2.42. The van der Waals surface area contributed by atoms with Gasteiger partial charge in [0.25, 0.3) is 0 Å². The summed E-state index contributed by atoms with van der Waals surface area (Å²) in [4.78, 5) is 2.67. The van der Waals surface area contributed by atoms with E-state index in [9.17, 15) is 0 Å². The average molecular weight is 295 g/mol. The van der Waals surface area contributed by atoms with Gasteiger partial charge in [0, 0.05) is 11.1 Å². The van der Waals surface area contributed by atoms with Crippen molar-refractivity contribution in [1.29, 1.82) is 0 Å². The molecule has 0 radical (unpaired) electrons. The average Bonchev–Trinajstić information content (AvgIpc) is 2.41. The highest BCUT2D eigenvalue weighted by molar-refractivity contribution is 6.30. The van der Waals surface area contributed by atoms with Gasteiger partial charge < -0.3 is 5.32 Å². The van der Waals surface area contributed by atoms with E-state index in [1.807, 2.05) is 6.07 Å². The Hall–Kier alpha value is -0.570. The fraction of sp³-hybridized carbons (Fsp3) is 0.647. The highest BCUT2D eigenvalue weighted by Gasteiger charge is 2.32. The van der Waals surface area contributed by atoms with Gasteiger partial charge in [-0.1, -0.05) is 24.6 Å². The molecule has 0 saturated carbocycles. The molecule has 20 heavy (non-hydrogen) atoms. The molecule has 2 nitrogen and oxygen atoms in total. The quantitative estimate of drug-likeness (QED) is 0.882. The van der Waals surface area contributed by atoms with E-state index >= 15 is 0 Å². The van der Waals surface area contributed by atoms with Crippen molar-refractivity contribution in [2.24, 2.45) is 5.92 Å². The topological polar surface area (TPSA) is 15.3 Å². The van der Waals surface area contributed by atoms with Crippen LogP contribution in [0.4, 0.5) is 0 Å². The molecule has 2 rings (SSSR count). The molecule has 1 N–H and O–H groups in total. The maximum absolute atomic E-state index is 6.13. The summed E-state index contributed by atoms with van der Waals surface area (Å²) >= 11 is 6.13. The van der Waals surface area contributed by atoms with Gasteiger partial charge in [0.05, 0.1) is 0 Å². The molecule has 0 aliphatic carbocycles. The molecule has 3 heteroatoms. The standard InChI is InChI=1S/C17H27ClN2/c1-4-9-20-10-5-6-14(12-19-3)17(20)16-8-7-15(18)11-13(16)2/h7-8,11,14,17,19H,4-6,9-10,12H2,1-3H3. The number of hydrogen-bond acceptors (Lipinski definition) is 2. The van der Waals surface area contributed by atoms with Crippen LogP contribution in [0.25, 0.3) is 0 Å². The van der Waals surface area contributed by atoms with Crippen molar-refractivity contribution in [1.82, 2.24) is 10.2 Å². The van der Waals surface area contributed by atoms with E-state index in [-0.39, 0.29) is 0 Å². The second-order valence-electron chi connectivity index (χ2n) is 5.94. The molecule has 1 aliphatic heterocycles. The van der Waals surface area contributed by atoms with Gasteiger partial charge in [-0.25, -0.2) is 0 Å². The molecular weight excluding hydrogens is 268 g/mol. The predicted molar refractivity (Wildman–Crippen MR) is 87.4 cm³/mol. The van der Waals surface area contributed by atoms with Gasteiger partial charge in [-0.05, 0) is 82.0 Å². The molecular formula is C17H27ClN2. The minimum absolute atomic E-state index is 0.536. The van der Waals surface area contributed by atoms with E-state index < -0.39 is 0 Å². The first-order chi connectivity index (χ1) is 9.67. The lowest BCUT2D eigenvalue weighted by atomic mass is 9.83. The summed E-state index contributed by atoms with van der Waals surface area (Å²) in [7, 11) is 2.06. The summed E-state index contributed by atoms with van der Waals surface area (Å²) in [5.74, 6) is 0.695. The van der Waals surface area contributed by atoms with Crippen LogP contribution >= 0.6 is 11.6 Å². The smallest absolute Gasteiger partial charge is 0.0408 e. The molecule has 0 spiro atoms. The first-order valence-electron chi connectivity index (χ1n) is 7.82. The number of likely N-dealkylation sites (tertiary alicyclic amines) is 1. The van der Waals surface area contributed by atoms with Crippen LogP contribution in [0.2, 0.25) is 5.02 Å². The maximum Gasteiger partial charge on any atom is 0.0408 e. The zero-order valence-electron chi connectivity index (χ0n) is 13.0. The Kier molecular flexibility index (Phi) is 5.88. The highest BCUT2D eigenvalue weighted by Crippen LogP contribution is 2.37. The van der Waals surface area contributed by atoms with Crippen molar-refractivity contribution in [2.45, 2.75) is 39.2 Å². The monoisotopic (exact) mass is 294 g/mol. The molecule has 112 valence electrons. The number of nitrogens with zero attached hydrogens (tertiary/aromatic N) is 1. The van der Waals surface area contributed by atoms with Crippen molar-refractivity contribution < 1.29 is 0 Å². The van der Waals surface area contributed by atoms with E-state index in [0.717, 1.165) is 11.6 Å². The van der Waals surface area contributed by atoms with Gasteiger partial charge in [-0.2, -0.15) is 0 Å². The predicted octanol–water partition coefficient (Wildman–Crippen LogP) is 4.03. The third kappa shape index (κ3) is 3.55. The van der Waals surface area contributed by atoms with E-state index in [1.165, 1.54) is 43.5 Å². The maximum atomic E-state index is 6.13. The molecule has 1 saturated heterocycles. The summed E-state index contributed by atoms with van der Waals surface area (Å²) in [5.41, 5.74) is 2.79. The number of benzene rings is 1. The largest absolute Gasteiger partial charge is 0.319 e. The molecule has 1 fully saturated rings. The molecule has 1 aliphatic rings. The van der Waals surface area contributed by atoms with E-state index in [0.29, 0.717) is 12.0 Å². The van der Waals surface area contributed by atoms with Gasteiger partial charge in [-0.15, -0.1) is 0 Å². The van der Waals surface area contributed by atoms with Crippen molar-refractivity contribution in [3.8, 4) is 0 Å². The minimum atomic E-state index is 0.536. The van der Waals surface area contributed by atoms with Gasteiger partial charge in [-0.3, -0.25) is 4.90 Å². The minimum Gasteiger partial charge on any atom is -0.319 e. The Labute approximate surface area is 128 Å².